The molecular formula is C19H23N3OS2. The summed E-state index contributed by atoms with van der Waals surface area (Å²) in [5.41, 5.74) is 2.19. The van der Waals surface area contributed by atoms with Crippen LogP contribution in [0, 0.1) is 0 Å². The van der Waals surface area contributed by atoms with E-state index in [4.69, 9.17) is 4.42 Å². The SMILES string of the molecule is CN(C)Cc1ccc(CSCCNc2nc(-c3ccccc3)cs2)o1. The average molecular weight is 374 g/mol. The normalized spacial score (nSPS) is 11.2. The van der Waals surface area contributed by atoms with Crippen LogP contribution >= 0.6 is 23.1 Å². The molecule has 3 aromatic rings. The summed E-state index contributed by atoms with van der Waals surface area (Å²) in [6, 6.07) is 14.4. The van der Waals surface area contributed by atoms with Gasteiger partial charge >= 0.3 is 0 Å². The number of furan rings is 1. The molecule has 132 valence electrons. The Balaban J connectivity index is 1.38. The molecule has 3 rings (SSSR count). The standard InChI is InChI=1S/C19H23N3OS2/c1-22(2)12-16-8-9-17(23-16)13-24-11-10-20-19-21-18(14-25-19)15-6-4-3-5-7-15/h3-9,14H,10-13H2,1-2H3,(H,20,21). The monoisotopic (exact) mass is 373 g/mol. The molecular weight excluding hydrogens is 350 g/mol. The van der Waals surface area contributed by atoms with Gasteiger partial charge < -0.3 is 14.6 Å². The first kappa shape index (κ1) is 18.0. The second kappa shape index (κ2) is 9.08. The van der Waals surface area contributed by atoms with Crippen LogP contribution in [-0.2, 0) is 12.3 Å². The fourth-order valence-electron chi connectivity index (χ4n) is 2.40. The van der Waals surface area contributed by atoms with Crippen molar-refractivity contribution in [3.05, 3.63) is 59.4 Å². The highest BCUT2D eigenvalue weighted by Crippen LogP contribution is 2.24. The Morgan fingerprint density at radius 1 is 1.12 bits per heavy atom. The molecule has 0 saturated carbocycles. The van der Waals surface area contributed by atoms with Gasteiger partial charge in [0.25, 0.3) is 0 Å². The molecule has 6 heteroatoms. The highest BCUT2D eigenvalue weighted by atomic mass is 32.2. The summed E-state index contributed by atoms with van der Waals surface area (Å²) in [6.07, 6.45) is 0. The minimum absolute atomic E-state index is 0.847. The van der Waals surface area contributed by atoms with Gasteiger partial charge in [-0.25, -0.2) is 4.98 Å². The van der Waals surface area contributed by atoms with Crippen molar-refractivity contribution in [1.29, 1.82) is 0 Å². The minimum Gasteiger partial charge on any atom is -0.464 e. The van der Waals surface area contributed by atoms with Crippen LogP contribution in [0.5, 0.6) is 0 Å². The van der Waals surface area contributed by atoms with Crippen LogP contribution in [0.3, 0.4) is 0 Å². The fourth-order valence-corrected chi connectivity index (χ4v) is 3.89. The van der Waals surface area contributed by atoms with Gasteiger partial charge in [0.15, 0.2) is 5.13 Å². The lowest BCUT2D eigenvalue weighted by atomic mass is 10.2. The molecule has 0 fully saturated rings. The second-order valence-corrected chi connectivity index (χ2v) is 7.95. The number of hydrogen-bond donors (Lipinski definition) is 1. The third kappa shape index (κ3) is 5.63. The third-order valence-corrected chi connectivity index (χ3v) is 5.31. The molecule has 0 radical (unpaired) electrons. The average Bonchev–Trinajstić information content (AvgIpc) is 3.24. The van der Waals surface area contributed by atoms with Gasteiger partial charge in [-0.05, 0) is 26.2 Å². The van der Waals surface area contributed by atoms with Gasteiger partial charge in [-0.2, -0.15) is 11.8 Å². The maximum Gasteiger partial charge on any atom is 0.183 e. The maximum absolute atomic E-state index is 5.82. The van der Waals surface area contributed by atoms with E-state index < -0.39 is 0 Å². The Morgan fingerprint density at radius 3 is 2.72 bits per heavy atom. The molecule has 0 atom stereocenters. The molecule has 0 bridgehead atoms. The number of thioether (sulfide) groups is 1. The lowest BCUT2D eigenvalue weighted by Crippen LogP contribution is -2.09. The Hall–Kier alpha value is -1.76. The molecule has 2 aromatic heterocycles. The van der Waals surface area contributed by atoms with Crippen LogP contribution < -0.4 is 5.32 Å². The largest absolute Gasteiger partial charge is 0.464 e. The van der Waals surface area contributed by atoms with Crippen molar-refractivity contribution in [2.45, 2.75) is 12.3 Å². The molecule has 0 amide bonds. The molecule has 1 N–H and O–H groups in total. The number of rotatable bonds is 9. The smallest absolute Gasteiger partial charge is 0.183 e. The van der Waals surface area contributed by atoms with Crippen molar-refractivity contribution >= 4 is 28.2 Å². The summed E-state index contributed by atoms with van der Waals surface area (Å²) < 4.78 is 5.82. The first-order valence-electron chi connectivity index (χ1n) is 8.25. The summed E-state index contributed by atoms with van der Waals surface area (Å²) >= 11 is 3.52. The molecule has 4 nitrogen and oxygen atoms in total. The van der Waals surface area contributed by atoms with Gasteiger partial charge in [0.1, 0.15) is 11.5 Å². The Morgan fingerprint density at radius 2 is 1.92 bits per heavy atom. The number of nitrogens with zero attached hydrogens (tertiary/aromatic N) is 2. The van der Waals surface area contributed by atoms with Gasteiger partial charge in [0.05, 0.1) is 18.0 Å². The van der Waals surface area contributed by atoms with E-state index in [1.807, 2.05) is 44.1 Å². The third-order valence-electron chi connectivity index (χ3n) is 3.53. The van der Waals surface area contributed by atoms with E-state index in [-0.39, 0.29) is 0 Å². The molecule has 1 aromatic carbocycles. The van der Waals surface area contributed by atoms with Crippen molar-refractivity contribution < 1.29 is 4.42 Å². The molecule has 25 heavy (non-hydrogen) atoms. The number of hydrogen-bond acceptors (Lipinski definition) is 6. The van der Waals surface area contributed by atoms with Crippen molar-refractivity contribution in [2.75, 3.05) is 31.7 Å². The van der Waals surface area contributed by atoms with E-state index in [0.717, 1.165) is 52.5 Å². The number of anilines is 1. The quantitative estimate of drug-likeness (QED) is 0.545. The highest BCUT2D eigenvalue weighted by molar-refractivity contribution is 7.98. The summed E-state index contributed by atoms with van der Waals surface area (Å²) in [5.74, 6) is 3.99. The summed E-state index contributed by atoms with van der Waals surface area (Å²) in [6.45, 7) is 1.75. The van der Waals surface area contributed by atoms with Crippen LogP contribution in [0.2, 0.25) is 0 Å². The highest BCUT2D eigenvalue weighted by Gasteiger charge is 2.05. The van der Waals surface area contributed by atoms with Crippen LogP contribution in [-0.4, -0.2) is 36.3 Å². The van der Waals surface area contributed by atoms with E-state index in [1.54, 1.807) is 11.3 Å². The van der Waals surface area contributed by atoms with Crippen molar-refractivity contribution in [1.82, 2.24) is 9.88 Å². The van der Waals surface area contributed by atoms with E-state index in [1.165, 1.54) is 0 Å². The van der Waals surface area contributed by atoms with Gasteiger partial charge in [-0.15, -0.1) is 11.3 Å². The van der Waals surface area contributed by atoms with Crippen molar-refractivity contribution in [3.63, 3.8) is 0 Å². The lowest BCUT2D eigenvalue weighted by Gasteiger charge is -2.05. The zero-order valence-electron chi connectivity index (χ0n) is 14.6. The van der Waals surface area contributed by atoms with Gasteiger partial charge in [-0.1, -0.05) is 30.3 Å². The topological polar surface area (TPSA) is 41.3 Å². The number of nitrogens with one attached hydrogen (secondary N) is 1. The fraction of sp³-hybridized carbons (Fsp3) is 0.316. The molecule has 0 unspecified atom stereocenters. The Bertz CT molecular complexity index is 768. The molecule has 2 heterocycles. The molecule has 0 spiro atoms. The zero-order valence-corrected chi connectivity index (χ0v) is 16.2. The van der Waals surface area contributed by atoms with E-state index >= 15 is 0 Å². The van der Waals surface area contributed by atoms with Crippen molar-refractivity contribution in [3.8, 4) is 11.3 Å². The van der Waals surface area contributed by atoms with Crippen molar-refractivity contribution in [2.24, 2.45) is 0 Å². The van der Waals surface area contributed by atoms with E-state index in [0.29, 0.717) is 0 Å². The van der Waals surface area contributed by atoms with E-state index in [9.17, 15) is 0 Å². The predicted octanol–water partition coefficient (Wildman–Crippen LogP) is 4.81. The summed E-state index contributed by atoms with van der Waals surface area (Å²) in [7, 11) is 4.09. The van der Waals surface area contributed by atoms with Gasteiger partial charge in [-0.3, -0.25) is 0 Å². The van der Waals surface area contributed by atoms with Crippen LogP contribution in [0.4, 0.5) is 5.13 Å². The first-order valence-corrected chi connectivity index (χ1v) is 10.3. The van der Waals surface area contributed by atoms with Crippen LogP contribution in [0.1, 0.15) is 11.5 Å². The summed E-state index contributed by atoms with van der Waals surface area (Å²) in [4.78, 5) is 6.75. The zero-order chi connectivity index (χ0) is 17.5. The number of benzene rings is 1. The molecule has 0 aliphatic heterocycles. The lowest BCUT2D eigenvalue weighted by molar-refractivity contribution is 0.344. The number of thiazole rings is 1. The molecule has 0 aliphatic carbocycles. The summed E-state index contributed by atoms with van der Waals surface area (Å²) in [5, 5.41) is 6.48. The Kier molecular flexibility index (Phi) is 6.55. The van der Waals surface area contributed by atoms with Crippen LogP contribution in [0.25, 0.3) is 11.3 Å². The molecule has 0 aliphatic rings. The Labute approximate surface area is 157 Å². The first-order chi connectivity index (χ1) is 12.2. The maximum atomic E-state index is 5.82. The van der Waals surface area contributed by atoms with Gasteiger partial charge in [0.2, 0.25) is 0 Å². The van der Waals surface area contributed by atoms with E-state index in [2.05, 4.69) is 44.8 Å². The second-order valence-electron chi connectivity index (χ2n) is 5.99. The predicted molar refractivity (Wildman–Crippen MR) is 108 cm³/mol. The molecule has 0 saturated heterocycles. The van der Waals surface area contributed by atoms with Crippen LogP contribution in [0.15, 0.2) is 52.3 Å². The minimum atomic E-state index is 0.847. The number of aromatic nitrogens is 1. The van der Waals surface area contributed by atoms with Gasteiger partial charge in [0, 0.05) is 23.2 Å².